The number of hydrogen-bond donors (Lipinski definition) is 0. The summed E-state index contributed by atoms with van der Waals surface area (Å²) in [5.74, 6) is -12.0. The minimum absolute atomic E-state index is 0.0694. The molecule has 0 fully saturated rings. The van der Waals surface area contributed by atoms with Crippen molar-refractivity contribution in [2.45, 2.75) is 6.61 Å². The summed E-state index contributed by atoms with van der Waals surface area (Å²) in [4.78, 5) is 3.64. The highest BCUT2D eigenvalue weighted by Gasteiger charge is 2.27. The van der Waals surface area contributed by atoms with E-state index in [1.165, 1.54) is 12.1 Å². The van der Waals surface area contributed by atoms with Crippen LogP contribution in [0, 0.1) is 29.1 Å². The van der Waals surface area contributed by atoms with Gasteiger partial charge in [0.15, 0.2) is 5.75 Å². The van der Waals surface area contributed by atoms with Crippen LogP contribution in [-0.4, -0.2) is 4.98 Å². The molecule has 9 heteroatoms. The van der Waals surface area contributed by atoms with Crippen molar-refractivity contribution < 1.29 is 26.7 Å². The first kappa shape index (κ1) is 15.8. The minimum Gasteiger partial charge on any atom is -0.483 e. The molecule has 2 nitrogen and oxygen atoms in total. The first-order valence-corrected chi connectivity index (χ1v) is 6.03. The van der Waals surface area contributed by atoms with Gasteiger partial charge in [-0.1, -0.05) is 23.2 Å². The summed E-state index contributed by atoms with van der Waals surface area (Å²) in [6.07, 6.45) is 0. The van der Waals surface area contributed by atoms with E-state index in [0.29, 0.717) is 0 Å². The van der Waals surface area contributed by atoms with Gasteiger partial charge in [0.25, 0.3) is 0 Å². The van der Waals surface area contributed by atoms with Crippen LogP contribution in [0.2, 0.25) is 10.3 Å². The Labute approximate surface area is 125 Å². The summed E-state index contributed by atoms with van der Waals surface area (Å²) in [5.41, 5.74) is 0.157. The number of halogens is 7. The predicted octanol–water partition coefficient (Wildman–Crippen LogP) is 4.66. The van der Waals surface area contributed by atoms with E-state index < -0.39 is 41.4 Å². The molecule has 0 aliphatic rings. The van der Waals surface area contributed by atoms with E-state index in [9.17, 15) is 22.0 Å². The van der Waals surface area contributed by atoms with Crippen molar-refractivity contribution in [2.24, 2.45) is 0 Å². The predicted molar refractivity (Wildman–Crippen MR) is 64.8 cm³/mol. The molecule has 0 bridgehead atoms. The topological polar surface area (TPSA) is 22.1 Å². The molecular weight excluding hydrogens is 340 g/mol. The molecule has 112 valence electrons. The van der Waals surface area contributed by atoms with Gasteiger partial charge in [0.2, 0.25) is 29.1 Å². The lowest BCUT2D eigenvalue weighted by Gasteiger charge is -2.11. The van der Waals surface area contributed by atoms with Crippen LogP contribution in [0.25, 0.3) is 0 Å². The minimum atomic E-state index is -2.26. The Morgan fingerprint density at radius 1 is 0.857 bits per heavy atom. The molecule has 0 saturated heterocycles. The van der Waals surface area contributed by atoms with Gasteiger partial charge in [0.1, 0.15) is 16.9 Å². The van der Waals surface area contributed by atoms with Crippen LogP contribution in [0.5, 0.6) is 5.75 Å². The van der Waals surface area contributed by atoms with E-state index in [2.05, 4.69) is 9.72 Å². The SMILES string of the molecule is Fc1c(F)c(F)c(OCc2ccc(Cl)nc2Cl)c(F)c1F. The van der Waals surface area contributed by atoms with E-state index in [0.717, 1.165) is 0 Å². The van der Waals surface area contributed by atoms with E-state index in [-0.39, 0.29) is 15.9 Å². The molecule has 1 aromatic heterocycles. The van der Waals surface area contributed by atoms with Crippen molar-refractivity contribution in [3.63, 3.8) is 0 Å². The van der Waals surface area contributed by atoms with Gasteiger partial charge in [0.05, 0.1) is 0 Å². The van der Waals surface area contributed by atoms with Crippen LogP contribution >= 0.6 is 23.2 Å². The molecule has 0 N–H and O–H groups in total. The van der Waals surface area contributed by atoms with Crippen LogP contribution in [0.4, 0.5) is 22.0 Å². The Bertz CT molecular complexity index is 682. The lowest BCUT2D eigenvalue weighted by molar-refractivity contribution is 0.253. The van der Waals surface area contributed by atoms with E-state index >= 15 is 0 Å². The summed E-state index contributed by atoms with van der Waals surface area (Å²) in [7, 11) is 0. The average Bonchev–Trinajstić information content (AvgIpc) is 2.45. The maximum Gasteiger partial charge on any atom is 0.207 e. The van der Waals surface area contributed by atoms with Gasteiger partial charge in [-0.25, -0.2) is 18.2 Å². The highest BCUT2D eigenvalue weighted by Crippen LogP contribution is 2.30. The maximum absolute atomic E-state index is 13.4. The molecule has 0 saturated carbocycles. The van der Waals surface area contributed by atoms with E-state index in [4.69, 9.17) is 23.2 Å². The maximum atomic E-state index is 13.4. The summed E-state index contributed by atoms with van der Waals surface area (Å²) in [6.45, 7) is -0.554. The molecular formula is C12H4Cl2F5NO. The summed E-state index contributed by atoms with van der Waals surface area (Å²) in [5, 5.41) is -0.0497. The lowest BCUT2D eigenvalue weighted by atomic mass is 10.2. The first-order valence-electron chi connectivity index (χ1n) is 5.28. The van der Waals surface area contributed by atoms with Crippen LogP contribution in [0.3, 0.4) is 0 Å². The zero-order valence-corrected chi connectivity index (χ0v) is 11.4. The Hall–Kier alpha value is -1.60. The Morgan fingerprint density at radius 3 is 1.90 bits per heavy atom. The second-order valence-electron chi connectivity index (χ2n) is 3.77. The number of benzene rings is 1. The summed E-state index contributed by atoms with van der Waals surface area (Å²) >= 11 is 11.2. The zero-order valence-electron chi connectivity index (χ0n) is 9.86. The number of pyridine rings is 1. The highest BCUT2D eigenvalue weighted by atomic mass is 35.5. The number of ether oxygens (including phenoxy) is 1. The van der Waals surface area contributed by atoms with E-state index in [1.807, 2.05) is 0 Å². The van der Waals surface area contributed by atoms with E-state index in [1.54, 1.807) is 0 Å². The molecule has 1 heterocycles. The number of hydrogen-bond acceptors (Lipinski definition) is 2. The number of rotatable bonds is 3. The fourth-order valence-corrected chi connectivity index (χ4v) is 1.81. The summed E-state index contributed by atoms with van der Waals surface area (Å²) in [6, 6.07) is 2.66. The first-order chi connectivity index (χ1) is 9.82. The Morgan fingerprint density at radius 2 is 1.38 bits per heavy atom. The third-order valence-corrected chi connectivity index (χ3v) is 2.97. The molecule has 0 radical (unpaired) electrons. The Kier molecular flexibility index (Phi) is 4.53. The third kappa shape index (κ3) is 3.03. The molecule has 0 aliphatic carbocycles. The molecule has 2 rings (SSSR count). The van der Waals surface area contributed by atoms with Gasteiger partial charge in [0, 0.05) is 5.56 Å². The van der Waals surface area contributed by atoms with Gasteiger partial charge in [-0.3, -0.25) is 0 Å². The fourth-order valence-electron chi connectivity index (χ4n) is 1.41. The summed E-state index contributed by atoms with van der Waals surface area (Å²) < 4.78 is 70.1. The Balaban J connectivity index is 2.32. The molecule has 0 atom stereocenters. The molecule has 2 aromatic rings. The average molecular weight is 344 g/mol. The van der Waals surface area contributed by atoms with Gasteiger partial charge in [-0.15, -0.1) is 0 Å². The third-order valence-electron chi connectivity index (χ3n) is 2.43. The second kappa shape index (κ2) is 6.03. The van der Waals surface area contributed by atoms with Crippen LogP contribution in [-0.2, 0) is 6.61 Å². The number of aromatic nitrogens is 1. The van der Waals surface area contributed by atoms with Crippen molar-refractivity contribution in [1.29, 1.82) is 0 Å². The molecule has 0 unspecified atom stereocenters. The van der Waals surface area contributed by atoms with Crippen molar-refractivity contribution in [3.05, 3.63) is 57.1 Å². The quantitative estimate of drug-likeness (QED) is 0.350. The second-order valence-corrected chi connectivity index (χ2v) is 4.52. The molecule has 0 amide bonds. The largest absolute Gasteiger partial charge is 0.483 e. The van der Waals surface area contributed by atoms with Crippen LogP contribution in [0.1, 0.15) is 5.56 Å². The van der Waals surface area contributed by atoms with Crippen molar-refractivity contribution in [1.82, 2.24) is 4.98 Å². The van der Waals surface area contributed by atoms with Crippen LogP contribution < -0.4 is 4.74 Å². The number of nitrogens with zero attached hydrogens (tertiary/aromatic N) is 1. The van der Waals surface area contributed by atoms with Crippen molar-refractivity contribution in [3.8, 4) is 5.75 Å². The fraction of sp³-hybridized carbons (Fsp3) is 0.0833. The highest BCUT2D eigenvalue weighted by molar-refractivity contribution is 6.32. The molecule has 0 spiro atoms. The molecule has 0 aliphatic heterocycles. The zero-order chi connectivity index (χ0) is 15.7. The van der Waals surface area contributed by atoms with Gasteiger partial charge in [-0.05, 0) is 12.1 Å². The standard InChI is InChI=1S/C12H4Cl2F5NO/c13-5-2-1-4(12(14)20-5)3-21-11-9(18)7(16)6(15)8(17)10(11)19/h1-2H,3H2. The normalized spacial score (nSPS) is 10.8. The van der Waals surface area contributed by atoms with Gasteiger partial charge < -0.3 is 4.74 Å². The molecule has 1 aromatic carbocycles. The van der Waals surface area contributed by atoms with Crippen LogP contribution in [0.15, 0.2) is 12.1 Å². The van der Waals surface area contributed by atoms with Gasteiger partial charge in [-0.2, -0.15) is 8.78 Å². The lowest BCUT2D eigenvalue weighted by Crippen LogP contribution is -2.07. The molecule has 21 heavy (non-hydrogen) atoms. The van der Waals surface area contributed by atoms with Gasteiger partial charge >= 0.3 is 0 Å². The monoisotopic (exact) mass is 343 g/mol. The van der Waals surface area contributed by atoms with Crippen molar-refractivity contribution >= 4 is 23.2 Å². The van der Waals surface area contributed by atoms with Crippen molar-refractivity contribution in [2.75, 3.05) is 0 Å². The smallest absolute Gasteiger partial charge is 0.207 e.